The van der Waals surface area contributed by atoms with Gasteiger partial charge in [0.1, 0.15) is 0 Å². The molecule has 0 atom stereocenters. The molecule has 0 saturated carbocycles. The summed E-state index contributed by atoms with van der Waals surface area (Å²) >= 11 is 4.46. The highest BCUT2D eigenvalue weighted by Gasteiger charge is 2.23. The summed E-state index contributed by atoms with van der Waals surface area (Å²) in [5.41, 5.74) is -0.341. The molecule has 0 aliphatic rings. The molecule has 0 fully saturated rings. The van der Waals surface area contributed by atoms with Gasteiger partial charge in [-0.15, -0.1) is 0 Å². The summed E-state index contributed by atoms with van der Waals surface area (Å²) in [7, 11) is 1.02. The largest absolute Gasteiger partial charge is 0.279 e. The Morgan fingerprint density at radius 2 is 2.07 bits per heavy atom. The summed E-state index contributed by atoms with van der Waals surface area (Å²) < 4.78 is 46.7. The van der Waals surface area contributed by atoms with Crippen molar-refractivity contribution in [1.82, 2.24) is 4.98 Å². The zero-order chi connectivity index (χ0) is 11.8. The van der Waals surface area contributed by atoms with Gasteiger partial charge in [0.25, 0.3) is 15.5 Å². The second-order valence-electron chi connectivity index (χ2n) is 2.39. The van der Waals surface area contributed by atoms with Gasteiger partial charge in [-0.1, -0.05) is 0 Å². The minimum atomic E-state index is -4.03. The Balaban J connectivity index is 3.48. The van der Waals surface area contributed by atoms with Crippen LogP contribution in [0.15, 0.2) is 15.7 Å². The second-order valence-corrected chi connectivity index (χ2v) is 6.74. The van der Waals surface area contributed by atoms with Crippen molar-refractivity contribution in [3.63, 3.8) is 0 Å². The zero-order valence-electron chi connectivity index (χ0n) is 6.72. The Hall–Kier alpha value is 0.460. The standard InChI is InChI=1S/C6H2BrClF2INO2S/c7-3-4(11)2(5(9)10)1-12-6(3)15(8,13)14/h1,5H. The van der Waals surface area contributed by atoms with E-state index in [1.807, 2.05) is 0 Å². The molecule has 1 heterocycles. The number of aromatic nitrogens is 1. The molecule has 0 saturated heterocycles. The number of halogens is 5. The van der Waals surface area contributed by atoms with E-state index in [-0.39, 0.29) is 13.6 Å². The average molecular weight is 432 g/mol. The smallest absolute Gasteiger partial charge is 0.242 e. The van der Waals surface area contributed by atoms with Gasteiger partial charge >= 0.3 is 0 Å². The van der Waals surface area contributed by atoms with Gasteiger partial charge in [0.15, 0.2) is 5.03 Å². The average Bonchev–Trinajstić information content (AvgIpc) is 2.06. The molecule has 1 rings (SSSR count). The molecule has 1 aromatic heterocycles. The van der Waals surface area contributed by atoms with Gasteiger partial charge < -0.3 is 0 Å². The number of pyridine rings is 1. The van der Waals surface area contributed by atoms with E-state index in [1.54, 1.807) is 22.6 Å². The summed E-state index contributed by atoms with van der Waals surface area (Å²) in [6.45, 7) is 0. The fraction of sp³-hybridized carbons (Fsp3) is 0.167. The van der Waals surface area contributed by atoms with E-state index in [4.69, 9.17) is 10.7 Å². The van der Waals surface area contributed by atoms with E-state index >= 15 is 0 Å². The summed E-state index contributed by atoms with van der Waals surface area (Å²) in [4.78, 5) is 3.38. The predicted octanol–water partition coefficient (Wildman–Crippen LogP) is 3.31. The summed E-state index contributed by atoms with van der Waals surface area (Å²) in [6, 6.07) is 0. The molecular weight excluding hydrogens is 430 g/mol. The van der Waals surface area contributed by atoms with Gasteiger partial charge in [0, 0.05) is 20.4 Å². The molecule has 1 aromatic rings. The second kappa shape index (κ2) is 4.76. The van der Waals surface area contributed by atoms with Crippen molar-refractivity contribution in [2.45, 2.75) is 11.5 Å². The highest BCUT2D eigenvalue weighted by Crippen LogP contribution is 2.33. The van der Waals surface area contributed by atoms with Gasteiger partial charge in [-0.3, -0.25) is 0 Å². The van der Waals surface area contributed by atoms with E-state index in [0.29, 0.717) is 0 Å². The van der Waals surface area contributed by atoms with Crippen molar-refractivity contribution >= 4 is 58.3 Å². The van der Waals surface area contributed by atoms with Crippen LogP contribution in [-0.4, -0.2) is 13.4 Å². The Bertz CT molecular complexity index is 496. The zero-order valence-corrected chi connectivity index (χ0v) is 12.0. The first-order valence-electron chi connectivity index (χ1n) is 3.32. The fourth-order valence-electron chi connectivity index (χ4n) is 0.784. The Morgan fingerprint density at radius 1 is 1.53 bits per heavy atom. The van der Waals surface area contributed by atoms with Crippen LogP contribution in [-0.2, 0) is 9.05 Å². The van der Waals surface area contributed by atoms with Crippen molar-refractivity contribution in [3.05, 3.63) is 19.8 Å². The molecule has 3 nitrogen and oxygen atoms in total. The monoisotopic (exact) mass is 431 g/mol. The number of rotatable bonds is 2. The third-order valence-electron chi connectivity index (χ3n) is 1.42. The van der Waals surface area contributed by atoms with Crippen molar-refractivity contribution in [2.24, 2.45) is 0 Å². The van der Waals surface area contributed by atoms with Crippen LogP contribution in [0.25, 0.3) is 0 Å². The molecule has 84 valence electrons. The molecule has 15 heavy (non-hydrogen) atoms. The van der Waals surface area contributed by atoms with E-state index < -0.39 is 20.5 Å². The third-order valence-corrected chi connectivity index (χ3v) is 5.57. The van der Waals surface area contributed by atoms with Crippen LogP contribution >= 0.6 is 49.2 Å². The fourth-order valence-corrected chi connectivity index (χ4v) is 3.69. The van der Waals surface area contributed by atoms with Gasteiger partial charge in [-0.25, -0.2) is 22.2 Å². The lowest BCUT2D eigenvalue weighted by atomic mass is 10.3. The Labute approximate surface area is 111 Å². The number of hydrogen-bond acceptors (Lipinski definition) is 3. The van der Waals surface area contributed by atoms with Gasteiger partial charge in [0.05, 0.1) is 10.0 Å². The molecule has 9 heteroatoms. The minimum Gasteiger partial charge on any atom is -0.242 e. The molecule has 0 N–H and O–H groups in total. The van der Waals surface area contributed by atoms with Crippen molar-refractivity contribution in [1.29, 1.82) is 0 Å². The molecule has 0 unspecified atom stereocenters. The number of nitrogens with zero attached hydrogens (tertiary/aromatic N) is 1. The molecular formula is C6H2BrClF2INO2S. The molecule has 0 bridgehead atoms. The maximum Gasteiger partial charge on any atom is 0.279 e. The van der Waals surface area contributed by atoms with Gasteiger partial charge in [-0.2, -0.15) is 0 Å². The molecule has 0 aliphatic carbocycles. The molecule has 0 aliphatic heterocycles. The highest BCUT2D eigenvalue weighted by atomic mass is 127. The van der Waals surface area contributed by atoms with E-state index in [2.05, 4.69) is 20.9 Å². The van der Waals surface area contributed by atoms with Crippen molar-refractivity contribution in [2.75, 3.05) is 0 Å². The minimum absolute atomic E-state index is 0.0455. The van der Waals surface area contributed by atoms with Crippen LogP contribution in [0, 0.1) is 3.57 Å². The lowest BCUT2D eigenvalue weighted by Crippen LogP contribution is -2.01. The van der Waals surface area contributed by atoms with E-state index in [0.717, 1.165) is 6.20 Å². The Kier molecular flexibility index (Phi) is 4.29. The Morgan fingerprint density at radius 3 is 2.47 bits per heavy atom. The first-order valence-corrected chi connectivity index (χ1v) is 7.50. The quantitative estimate of drug-likeness (QED) is 0.532. The lowest BCUT2D eigenvalue weighted by molar-refractivity contribution is 0.149. The van der Waals surface area contributed by atoms with E-state index in [9.17, 15) is 17.2 Å². The third kappa shape index (κ3) is 2.98. The highest BCUT2D eigenvalue weighted by molar-refractivity contribution is 14.1. The van der Waals surface area contributed by atoms with Gasteiger partial charge in [-0.05, 0) is 38.5 Å². The summed E-state index contributed by atoms with van der Waals surface area (Å²) in [6.07, 6.45) is -1.92. The maximum absolute atomic E-state index is 12.4. The first-order chi connectivity index (χ1) is 6.75. The number of hydrogen-bond donors (Lipinski definition) is 0. The molecule has 0 amide bonds. The molecule has 0 aromatic carbocycles. The molecule has 0 radical (unpaired) electrons. The van der Waals surface area contributed by atoms with Crippen LogP contribution in [0.2, 0.25) is 0 Å². The normalized spacial score (nSPS) is 12.1. The van der Waals surface area contributed by atoms with Gasteiger partial charge in [0.2, 0.25) is 0 Å². The SMILES string of the molecule is O=S(=O)(Cl)c1ncc(C(F)F)c(I)c1Br. The predicted molar refractivity (Wildman–Crippen MR) is 62.6 cm³/mol. The van der Waals surface area contributed by atoms with Crippen LogP contribution in [0.4, 0.5) is 8.78 Å². The lowest BCUT2D eigenvalue weighted by Gasteiger charge is -2.07. The van der Waals surface area contributed by atoms with Crippen molar-refractivity contribution < 1.29 is 17.2 Å². The molecule has 0 spiro atoms. The van der Waals surface area contributed by atoms with Crippen LogP contribution in [0.3, 0.4) is 0 Å². The summed E-state index contributed by atoms with van der Waals surface area (Å²) in [5, 5.41) is -0.460. The van der Waals surface area contributed by atoms with Crippen molar-refractivity contribution in [3.8, 4) is 0 Å². The van der Waals surface area contributed by atoms with E-state index in [1.165, 1.54) is 0 Å². The van der Waals surface area contributed by atoms with Crippen LogP contribution < -0.4 is 0 Å². The number of alkyl halides is 2. The topological polar surface area (TPSA) is 47.0 Å². The maximum atomic E-state index is 12.4. The first kappa shape index (κ1) is 13.5. The van der Waals surface area contributed by atoms with Crippen LogP contribution in [0.5, 0.6) is 0 Å². The summed E-state index contributed by atoms with van der Waals surface area (Å²) in [5.74, 6) is 0. The van der Waals surface area contributed by atoms with Crippen LogP contribution in [0.1, 0.15) is 12.0 Å².